The molecule has 116 valence electrons. The second kappa shape index (κ2) is 11.9. The van der Waals surface area contributed by atoms with Crippen LogP contribution in [-0.4, -0.2) is 59.3 Å². The lowest BCUT2D eigenvalue weighted by Gasteiger charge is -2.24. The Morgan fingerprint density at radius 3 is 2.11 bits per heavy atom. The minimum Gasteiger partial charge on any atom is -0.377 e. The number of alkyl halides is 2. The highest BCUT2D eigenvalue weighted by Crippen LogP contribution is 2.16. The molecule has 0 spiro atoms. The standard InChI is InChI=1S/C11H26F2O4Si2/c1-14-19(15-2,16-3)9-5-8-18-7-4-6-17-10-11(12)13/h11H,4-10,18H2,1-3H3. The predicted molar refractivity (Wildman–Crippen MR) is 75.8 cm³/mol. The average molecular weight is 316 g/mol. The monoisotopic (exact) mass is 316 g/mol. The highest BCUT2D eigenvalue weighted by molar-refractivity contribution is 6.60. The quantitative estimate of drug-likeness (QED) is 0.384. The lowest BCUT2D eigenvalue weighted by Crippen LogP contribution is -2.42. The molecule has 0 aliphatic heterocycles. The lowest BCUT2D eigenvalue weighted by molar-refractivity contribution is 0.0178. The van der Waals surface area contributed by atoms with E-state index >= 15 is 0 Å². The molecule has 0 radical (unpaired) electrons. The van der Waals surface area contributed by atoms with Crippen LogP contribution >= 0.6 is 0 Å². The molecule has 0 bridgehead atoms. The van der Waals surface area contributed by atoms with Crippen LogP contribution in [0.15, 0.2) is 0 Å². The summed E-state index contributed by atoms with van der Waals surface area (Å²) in [6, 6.07) is 3.16. The largest absolute Gasteiger partial charge is 0.500 e. The molecule has 0 fully saturated rings. The third-order valence-electron chi connectivity index (χ3n) is 2.95. The second-order valence-corrected chi connectivity index (χ2v) is 9.49. The van der Waals surface area contributed by atoms with Crippen molar-refractivity contribution >= 4 is 18.3 Å². The van der Waals surface area contributed by atoms with Gasteiger partial charge in [0, 0.05) is 43.5 Å². The van der Waals surface area contributed by atoms with Crippen LogP contribution < -0.4 is 0 Å². The molecule has 0 aliphatic carbocycles. The fraction of sp³-hybridized carbons (Fsp3) is 1.00. The van der Waals surface area contributed by atoms with Gasteiger partial charge in [-0.2, -0.15) is 0 Å². The molecule has 0 heterocycles. The van der Waals surface area contributed by atoms with E-state index < -0.39 is 21.8 Å². The van der Waals surface area contributed by atoms with Gasteiger partial charge in [0.05, 0.1) is 0 Å². The van der Waals surface area contributed by atoms with Gasteiger partial charge in [0.15, 0.2) is 0 Å². The molecule has 0 aliphatic rings. The van der Waals surface area contributed by atoms with Crippen molar-refractivity contribution in [3.05, 3.63) is 0 Å². The first-order valence-electron chi connectivity index (χ1n) is 6.61. The maximum atomic E-state index is 11.8. The van der Waals surface area contributed by atoms with Crippen molar-refractivity contribution in [3.63, 3.8) is 0 Å². The number of hydrogen-bond donors (Lipinski definition) is 0. The highest BCUT2D eigenvalue weighted by atomic mass is 28.4. The van der Waals surface area contributed by atoms with E-state index in [0.29, 0.717) is 6.61 Å². The summed E-state index contributed by atoms with van der Waals surface area (Å²) >= 11 is 0. The van der Waals surface area contributed by atoms with Crippen molar-refractivity contribution in [2.75, 3.05) is 34.5 Å². The minimum absolute atomic E-state index is 0.140. The molecular weight excluding hydrogens is 290 g/mol. The Morgan fingerprint density at radius 2 is 1.58 bits per heavy atom. The lowest BCUT2D eigenvalue weighted by atomic mass is 10.5. The van der Waals surface area contributed by atoms with Crippen LogP contribution in [0.25, 0.3) is 0 Å². The van der Waals surface area contributed by atoms with E-state index in [2.05, 4.69) is 0 Å². The summed E-state index contributed by atoms with van der Waals surface area (Å²) in [6.07, 6.45) is -0.417. The van der Waals surface area contributed by atoms with E-state index in [1.54, 1.807) is 21.3 Å². The van der Waals surface area contributed by atoms with Crippen LogP contribution in [-0.2, 0) is 18.0 Å². The second-order valence-electron chi connectivity index (χ2n) is 4.28. The minimum atomic E-state index is -2.40. The molecule has 0 aromatic carbocycles. The fourth-order valence-corrected chi connectivity index (χ4v) is 5.61. The Hall–Kier alpha value is 0.134. The molecular formula is C11H26F2O4Si2. The summed E-state index contributed by atoms with van der Waals surface area (Å²) in [5, 5.41) is 0. The third-order valence-corrected chi connectivity index (χ3v) is 7.78. The molecule has 0 aromatic rings. The topological polar surface area (TPSA) is 36.9 Å². The SMILES string of the molecule is CO[Si](CCC[SiH2]CCCOCC(F)F)(OC)OC. The zero-order chi connectivity index (χ0) is 14.6. The first-order valence-corrected chi connectivity index (χ1v) is 10.5. The number of hydrogen-bond acceptors (Lipinski definition) is 4. The van der Waals surface area contributed by atoms with Crippen LogP contribution in [0.5, 0.6) is 0 Å². The fourth-order valence-electron chi connectivity index (χ4n) is 1.80. The Bertz CT molecular complexity index is 199. The molecule has 19 heavy (non-hydrogen) atoms. The number of halogens is 2. The van der Waals surface area contributed by atoms with Crippen LogP contribution in [0.1, 0.15) is 12.8 Å². The van der Waals surface area contributed by atoms with E-state index in [9.17, 15) is 8.78 Å². The first kappa shape index (κ1) is 19.1. The summed E-state index contributed by atoms with van der Waals surface area (Å²) in [7, 11) is 2.33. The number of rotatable bonds is 13. The van der Waals surface area contributed by atoms with E-state index in [0.717, 1.165) is 24.9 Å². The van der Waals surface area contributed by atoms with Gasteiger partial charge in [-0.25, -0.2) is 8.78 Å². The Morgan fingerprint density at radius 1 is 1.00 bits per heavy atom. The van der Waals surface area contributed by atoms with Gasteiger partial charge in [-0.3, -0.25) is 0 Å². The summed E-state index contributed by atoms with van der Waals surface area (Å²) in [6.45, 7) is 0.00936. The molecule has 0 unspecified atom stereocenters. The zero-order valence-corrected chi connectivity index (χ0v) is 14.5. The normalized spacial score (nSPS) is 12.9. The first-order chi connectivity index (χ1) is 9.10. The van der Waals surface area contributed by atoms with Gasteiger partial charge in [-0.15, -0.1) is 0 Å². The molecule has 4 nitrogen and oxygen atoms in total. The van der Waals surface area contributed by atoms with Crippen molar-refractivity contribution < 1.29 is 26.8 Å². The summed E-state index contributed by atoms with van der Waals surface area (Å²) in [4.78, 5) is 0. The number of ether oxygens (including phenoxy) is 1. The maximum Gasteiger partial charge on any atom is 0.500 e. The van der Waals surface area contributed by atoms with Crippen LogP contribution in [0.3, 0.4) is 0 Å². The summed E-state index contributed by atoms with van der Waals surface area (Å²) < 4.78 is 44.4. The van der Waals surface area contributed by atoms with Crippen molar-refractivity contribution in [1.82, 2.24) is 0 Å². The van der Waals surface area contributed by atoms with Gasteiger partial charge >= 0.3 is 8.80 Å². The molecule has 0 N–H and O–H groups in total. The van der Waals surface area contributed by atoms with Gasteiger partial charge in [0.25, 0.3) is 6.43 Å². The molecule has 0 aromatic heterocycles. The van der Waals surface area contributed by atoms with Crippen LogP contribution in [0, 0.1) is 0 Å². The van der Waals surface area contributed by atoms with Gasteiger partial charge in [0.1, 0.15) is 6.61 Å². The smallest absolute Gasteiger partial charge is 0.377 e. The van der Waals surface area contributed by atoms with Gasteiger partial charge in [0.2, 0.25) is 0 Å². The molecule has 0 atom stereocenters. The van der Waals surface area contributed by atoms with Gasteiger partial charge in [-0.05, 0) is 6.42 Å². The van der Waals surface area contributed by atoms with Crippen molar-refractivity contribution in [2.24, 2.45) is 0 Å². The zero-order valence-electron chi connectivity index (χ0n) is 12.1. The Balaban J connectivity index is 3.40. The van der Waals surface area contributed by atoms with E-state index in [4.69, 9.17) is 18.0 Å². The van der Waals surface area contributed by atoms with E-state index in [1.807, 2.05) is 0 Å². The average Bonchev–Trinajstić information content (AvgIpc) is 2.41. The van der Waals surface area contributed by atoms with Crippen LogP contribution in [0.2, 0.25) is 18.1 Å². The molecule has 0 rings (SSSR count). The maximum absolute atomic E-state index is 11.8. The summed E-state index contributed by atoms with van der Waals surface area (Å²) in [5.74, 6) is 0. The van der Waals surface area contributed by atoms with Crippen molar-refractivity contribution in [2.45, 2.75) is 37.4 Å². The van der Waals surface area contributed by atoms with Gasteiger partial charge in [-0.1, -0.05) is 18.5 Å². The van der Waals surface area contributed by atoms with E-state index in [1.165, 1.54) is 6.04 Å². The third kappa shape index (κ3) is 9.63. The van der Waals surface area contributed by atoms with Crippen molar-refractivity contribution in [3.8, 4) is 0 Å². The van der Waals surface area contributed by atoms with Crippen molar-refractivity contribution in [1.29, 1.82) is 0 Å². The summed E-state index contributed by atoms with van der Waals surface area (Å²) in [5.41, 5.74) is 0. The molecule has 0 saturated carbocycles. The predicted octanol–water partition coefficient (Wildman–Crippen LogP) is 1.93. The van der Waals surface area contributed by atoms with Crippen LogP contribution in [0.4, 0.5) is 8.78 Å². The van der Waals surface area contributed by atoms with Gasteiger partial charge < -0.3 is 18.0 Å². The highest BCUT2D eigenvalue weighted by Gasteiger charge is 2.36. The van der Waals surface area contributed by atoms with E-state index in [-0.39, 0.29) is 9.52 Å². The molecule has 8 heteroatoms. The Kier molecular flexibility index (Phi) is 12.0. The molecule has 0 saturated heterocycles. The Labute approximate surface area is 117 Å². The molecule has 0 amide bonds.